The van der Waals surface area contributed by atoms with Crippen molar-refractivity contribution in [3.05, 3.63) is 77.2 Å². The number of aliphatic hydroxyl groups is 1. The van der Waals surface area contributed by atoms with Crippen molar-refractivity contribution in [3.8, 4) is 17.3 Å². The Morgan fingerprint density at radius 3 is 2.92 bits per heavy atom. The van der Waals surface area contributed by atoms with Crippen LogP contribution in [0.1, 0.15) is 40.8 Å². The summed E-state index contributed by atoms with van der Waals surface area (Å²) in [7, 11) is 0. The summed E-state index contributed by atoms with van der Waals surface area (Å²) < 4.78 is 2.20. The minimum absolute atomic E-state index is 0.0945. The molecular weight excluding hydrogens is 310 g/mol. The molecule has 1 aliphatic heterocycles. The Bertz CT molecular complexity index is 1010. The fourth-order valence-electron chi connectivity index (χ4n) is 4.53. The maximum absolute atomic E-state index is 11.1. The lowest BCUT2D eigenvalue weighted by molar-refractivity contribution is 0.0720. The average molecular weight is 327 g/mol. The first-order chi connectivity index (χ1) is 12.3. The van der Waals surface area contributed by atoms with Gasteiger partial charge in [-0.1, -0.05) is 30.3 Å². The highest BCUT2D eigenvalue weighted by Gasteiger charge is 2.40. The summed E-state index contributed by atoms with van der Waals surface area (Å²) >= 11 is 0. The molecule has 3 atom stereocenters. The van der Waals surface area contributed by atoms with Gasteiger partial charge in [-0.3, -0.25) is 0 Å². The molecule has 0 fully saturated rings. The normalized spacial score (nSPS) is 23.4. The second-order valence-corrected chi connectivity index (χ2v) is 6.89. The van der Waals surface area contributed by atoms with E-state index in [4.69, 9.17) is 5.26 Å². The zero-order valence-corrected chi connectivity index (χ0v) is 13.6. The SMILES string of the molecule is N#Cc1ccc2c(c1)CC[C@@H]([C@H]1c3ccccc3-c3cncn31)[C@H]2O. The Labute approximate surface area is 146 Å². The van der Waals surface area contributed by atoms with Gasteiger partial charge in [-0.25, -0.2) is 4.98 Å². The molecule has 0 radical (unpaired) electrons. The molecule has 25 heavy (non-hydrogen) atoms. The van der Waals surface area contributed by atoms with Crippen LogP contribution in [0.3, 0.4) is 0 Å². The first-order valence-corrected chi connectivity index (χ1v) is 8.60. The van der Waals surface area contributed by atoms with Crippen LogP contribution in [0.4, 0.5) is 0 Å². The predicted octanol–water partition coefficient (Wildman–Crippen LogP) is 3.62. The van der Waals surface area contributed by atoms with Crippen LogP contribution >= 0.6 is 0 Å². The molecule has 2 aliphatic rings. The van der Waals surface area contributed by atoms with Crippen LogP contribution < -0.4 is 0 Å². The molecule has 2 aromatic carbocycles. The minimum atomic E-state index is -0.539. The van der Waals surface area contributed by atoms with Crippen LogP contribution in [-0.4, -0.2) is 14.7 Å². The smallest absolute Gasteiger partial charge is 0.0991 e. The topological polar surface area (TPSA) is 61.8 Å². The van der Waals surface area contributed by atoms with Gasteiger partial charge in [0.15, 0.2) is 0 Å². The number of nitriles is 1. The fourth-order valence-corrected chi connectivity index (χ4v) is 4.53. The molecule has 5 rings (SSSR count). The number of hydrogen-bond donors (Lipinski definition) is 1. The standard InChI is InChI=1S/C21H17N3O/c22-10-13-5-7-15-14(9-13)6-8-18(21(15)25)20-17-4-2-1-3-16(17)19-11-23-12-24(19)20/h1-5,7,9,11-12,18,20-21,25H,6,8H2/t18-,20+,21-/m0/s1. The van der Waals surface area contributed by atoms with Gasteiger partial charge in [0.05, 0.1) is 42.0 Å². The first kappa shape index (κ1) is 14.4. The van der Waals surface area contributed by atoms with Gasteiger partial charge in [0, 0.05) is 11.5 Å². The van der Waals surface area contributed by atoms with Gasteiger partial charge >= 0.3 is 0 Å². The number of aliphatic hydroxyl groups excluding tert-OH is 1. The molecule has 0 bridgehead atoms. The van der Waals surface area contributed by atoms with Crippen molar-refractivity contribution in [2.24, 2.45) is 5.92 Å². The van der Waals surface area contributed by atoms with Crippen LogP contribution in [-0.2, 0) is 6.42 Å². The van der Waals surface area contributed by atoms with E-state index in [1.54, 1.807) is 6.07 Å². The van der Waals surface area contributed by atoms with Gasteiger partial charge in [-0.15, -0.1) is 0 Å². The molecule has 1 N–H and O–H groups in total. The number of fused-ring (bicyclic) bond motifs is 4. The third-order valence-electron chi connectivity index (χ3n) is 5.67. The summed E-state index contributed by atoms with van der Waals surface area (Å²) in [5.41, 5.74) is 6.32. The maximum Gasteiger partial charge on any atom is 0.0991 e. The van der Waals surface area contributed by atoms with E-state index in [9.17, 15) is 5.11 Å². The summed E-state index contributed by atoms with van der Waals surface area (Å²) in [5, 5.41) is 20.2. The number of nitrogens with zero attached hydrogens (tertiary/aromatic N) is 3. The average Bonchev–Trinajstić information content (AvgIpc) is 3.23. The number of rotatable bonds is 1. The molecule has 1 aromatic heterocycles. The lowest BCUT2D eigenvalue weighted by atomic mass is 9.75. The molecule has 1 aliphatic carbocycles. The highest BCUT2D eigenvalue weighted by atomic mass is 16.3. The van der Waals surface area contributed by atoms with E-state index >= 15 is 0 Å². The van der Waals surface area contributed by atoms with Gasteiger partial charge in [-0.05, 0) is 41.7 Å². The number of hydrogen-bond acceptors (Lipinski definition) is 3. The van der Waals surface area contributed by atoms with Crippen LogP contribution in [0.15, 0.2) is 55.0 Å². The van der Waals surface area contributed by atoms with Crippen LogP contribution in [0.2, 0.25) is 0 Å². The Morgan fingerprint density at radius 2 is 2.04 bits per heavy atom. The number of aryl methyl sites for hydroxylation is 1. The zero-order valence-electron chi connectivity index (χ0n) is 13.6. The molecular formula is C21H17N3O. The maximum atomic E-state index is 11.1. The van der Waals surface area contributed by atoms with E-state index in [1.165, 1.54) is 11.1 Å². The van der Waals surface area contributed by atoms with Crippen molar-refractivity contribution >= 4 is 0 Å². The van der Waals surface area contributed by atoms with E-state index in [0.29, 0.717) is 5.56 Å². The summed E-state index contributed by atoms with van der Waals surface area (Å²) in [6.07, 6.45) is 5.01. The number of benzene rings is 2. The summed E-state index contributed by atoms with van der Waals surface area (Å²) in [6, 6.07) is 16.3. The van der Waals surface area contributed by atoms with Crippen molar-refractivity contribution < 1.29 is 5.11 Å². The monoisotopic (exact) mass is 327 g/mol. The molecule has 0 saturated carbocycles. The second-order valence-electron chi connectivity index (χ2n) is 6.89. The van der Waals surface area contributed by atoms with Crippen molar-refractivity contribution in [1.82, 2.24) is 9.55 Å². The molecule has 0 saturated heterocycles. The van der Waals surface area contributed by atoms with Gasteiger partial charge in [0.1, 0.15) is 0 Å². The molecule has 122 valence electrons. The summed E-state index contributed by atoms with van der Waals surface area (Å²) in [4.78, 5) is 4.33. The molecule has 0 unspecified atom stereocenters. The largest absolute Gasteiger partial charge is 0.388 e. The van der Waals surface area contributed by atoms with Crippen molar-refractivity contribution in [3.63, 3.8) is 0 Å². The third-order valence-corrected chi connectivity index (χ3v) is 5.67. The van der Waals surface area contributed by atoms with E-state index in [-0.39, 0.29) is 12.0 Å². The lowest BCUT2D eigenvalue weighted by Gasteiger charge is -2.35. The molecule has 0 amide bonds. The molecule has 3 aromatic rings. The number of imidazole rings is 1. The minimum Gasteiger partial charge on any atom is -0.388 e. The van der Waals surface area contributed by atoms with Gasteiger partial charge in [-0.2, -0.15) is 5.26 Å². The summed E-state index contributed by atoms with van der Waals surface area (Å²) in [6.45, 7) is 0. The van der Waals surface area contributed by atoms with Crippen LogP contribution in [0.5, 0.6) is 0 Å². The third kappa shape index (κ3) is 2.00. The molecule has 4 heteroatoms. The highest BCUT2D eigenvalue weighted by molar-refractivity contribution is 5.69. The van der Waals surface area contributed by atoms with Crippen molar-refractivity contribution in [2.45, 2.75) is 25.0 Å². The van der Waals surface area contributed by atoms with Crippen LogP contribution in [0.25, 0.3) is 11.3 Å². The van der Waals surface area contributed by atoms with E-state index in [2.05, 4.69) is 39.9 Å². The van der Waals surface area contributed by atoms with E-state index in [1.807, 2.05) is 24.7 Å². The highest BCUT2D eigenvalue weighted by Crippen LogP contribution is 2.49. The Hall–Kier alpha value is -2.90. The number of aromatic nitrogens is 2. The van der Waals surface area contributed by atoms with Gasteiger partial charge < -0.3 is 9.67 Å². The fraction of sp³-hybridized carbons (Fsp3) is 0.238. The molecule has 0 spiro atoms. The second kappa shape index (κ2) is 5.30. The van der Waals surface area contributed by atoms with E-state index < -0.39 is 6.10 Å². The van der Waals surface area contributed by atoms with Crippen molar-refractivity contribution in [1.29, 1.82) is 5.26 Å². The Kier molecular flexibility index (Phi) is 3.06. The Morgan fingerprint density at radius 1 is 1.16 bits per heavy atom. The summed E-state index contributed by atoms with van der Waals surface area (Å²) in [5.74, 6) is 0.0945. The Balaban J connectivity index is 1.60. The van der Waals surface area contributed by atoms with Crippen molar-refractivity contribution in [2.75, 3.05) is 0 Å². The molecule has 4 nitrogen and oxygen atoms in total. The molecule has 2 heterocycles. The quantitative estimate of drug-likeness (QED) is 0.742. The van der Waals surface area contributed by atoms with Crippen LogP contribution in [0, 0.1) is 17.2 Å². The predicted molar refractivity (Wildman–Crippen MR) is 93.7 cm³/mol. The zero-order chi connectivity index (χ0) is 17.0. The lowest BCUT2D eigenvalue weighted by Crippen LogP contribution is -2.28. The first-order valence-electron chi connectivity index (χ1n) is 8.60. The van der Waals surface area contributed by atoms with E-state index in [0.717, 1.165) is 29.7 Å². The van der Waals surface area contributed by atoms with Gasteiger partial charge in [0.2, 0.25) is 0 Å². The van der Waals surface area contributed by atoms with Gasteiger partial charge in [0.25, 0.3) is 0 Å².